The zero-order chi connectivity index (χ0) is 16.3. The molecule has 0 spiro atoms. The van der Waals surface area contributed by atoms with Crippen LogP contribution in [0.1, 0.15) is 46.0 Å². The van der Waals surface area contributed by atoms with Gasteiger partial charge in [0.1, 0.15) is 11.6 Å². The summed E-state index contributed by atoms with van der Waals surface area (Å²) in [7, 11) is 0. The number of imidazole rings is 1. The largest absolute Gasteiger partial charge is 0.491 e. The molecule has 0 saturated heterocycles. The molecule has 0 fully saturated rings. The Balaban J connectivity index is 2.46. The molecule has 0 radical (unpaired) electrons. The van der Waals surface area contributed by atoms with E-state index in [1.165, 1.54) is 0 Å². The van der Waals surface area contributed by atoms with Gasteiger partial charge in [0.2, 0.25) is 0 Å². The Morgan fingerprint density at radius 1 is 1.32 bits per heavy atom. The number of nitrogens with two attached hydrogens (primary N) is 1. The van der Waals surface area contributed by atoms with Crippen molar-refractivity contribution in [3.63, 3.8) is 0 Å². The summed E-state index contributed by atoms with van der Waals surface area (Å²) in [5.41, 5.74) is 8.21. The molecule has 0 aliphatic rings. The summed E-state index contributed by atoms with van der Waals surface area (Å²) in [5, 5.41) is 0. The van der Waals surface area contributed by atoms with Gasteiger partial charge >= 0.3 is 0 Å². The van der Waals surface area contributed by atoms with E-state index in [1.54, 1.807) is 0 Å². The van der Waals surface area contributed by atoms with Crippen molar-refractivity contribution in [2.45, 2.75) is 52.8 Å². The third-order valence-corrected chi connectivity index (χ3v) is 3.43. The molecule has 0 aliphatic heterocycles. The molecule has 1 aromatic carbocycles. The van der Waals surface area contributed by atoms with Crippen molar-refractivity contribution in [1.29, 1.82) is 0 Å². The van der Waals surface area contributed by atoms with Crippen molar-refractivity contribution in [3.8, 4) is 18.1 Å². The first-order valence-electron chi connectivity index (χ1n) is 7.78. The summed E-state index contributed by atoms with van der Waals surface area (Å²) >= 11 is 0. The van der Waals surface area contributed by atoms with Crippen molar-refractivity contribution in [2.75, 3.05) is 0 Å². The number of hydrogen-bond donors (Lipinski definition) is 1. The third kappa shape index (κ3) is 3.61. The van der Waals surface area contributed by atoms with Crippen molar-refractivity contribution in [3.05, 3.63) is 24.0 Å². The maximum absolute atomic E-state index is 6.33. The first-order chi connectivity index (χ1) is 10.4. The summed E-state index contributed by atoms with van der Waals surface area (Å²) in [6.07, 6.45) is 6.52. The normalized spacial score (nSPS) is 12.8. The Labute approximate surface area is 132 Å². The van der Waals surface area contributed by atoms with Gasteiger partial charge in [-0.1, -0.05) is 19.8 Å². The third-order valence-electron chi connectivity index (χ3n) is 3.43. The molecule has 1 unspecified atom stereocenters. The zero-order valence-corrected chi connectivity index (χ0v) is 13.8. The van der Waals surface area contributed by atoms with Crippen LogP contribution in [0.3, 0.4) is 0 Å². The van der Waals surface area contributed by atoms with Gasteiger partial charge in [0.15, 0.2) is 0 Å². The summed E-state index contributed by atoms with van der Waals surface area (Å²) < 4.78 is 7.76. The molecule has 2 aromatic rings. The van der Waals surface area contributed by atoms with Gasteiger partial charge < -0.3 is 15.0 Å². The maximum atomic E-state index is 6.33. The van der Waals surface area contributed by atoms with Gasteiger partial charge in [0, 0.05) is 6.07 Å². The SMILES string of the molecule is C#CCn1c(C(N)CC(C)C)nc2cc(OC(C)C)ccc21. The Bertz CT molecular complexity index is 679. The molecule has 0 bridgehead atoms. The summed E-state index contributed by atoms with van der Waals surface area (Å²) in [6, 6.07) is 5.79. The van der Waals surface area contributed by atoms with Crippen molar-refractivity contribution < 1.29 is 4.74 Å². The highest BCUT2D eigenvalue weighted by Gasteiger charge is 2.18. The molecule has 1 atom stereocenters. The number of rotatable bonds is 6. The first kappa shape index (κ1) is 16.4. The lowest BCUT2D eigenvalue weighted by Crippen LogP contribution is -2.18. The monoisotopic (exact) mass is 299 g/mol. The highest BCUT2D eigenvalue weighted by Crippen LogP contribution is 2.26. The average Bonchev–Trinajstić information content (AvgIpc) is 2.76. The average molecular weight is 299 g/mol. The molecular formula is C18H25N3O. The predicted molar refractivity (Wildman–Crippen MR) is 90.7 cm³/mol. The van der Waals surface area contributed by atoms with Crippen LogP contribution in [0.25, 0.3) is 11.0 Å². The first-order valence-corrected chi connectivity index (χ1v) is 7.78. The number of terminal acetylenes is 1. The van der Waals surface area contributed by atoms with E-state index in [1.807, 2.05) is 36.6 Å². The second-order valence-electron chi connectivity index (χ2n) is 6.31. The summed E-state index contributed by atoms with van der Waals surface area (Å²) in [6.45, 7) is 8.80. The number of aromatic nitrogens is 2. The fourth-order valence-electron chi connectivity index (χ4n) is 2.63. The Kier molecular flexibility index (Phi) is 5.10. The van der Waals surface area contributed by atoms with Gasteiger partial charge in [-0.3, -0.25) is 0 Å². The number of nitrogens with zero attached hydrogens (tertiary/aromatic N) is 2. The second kappa shape index (κ2) is 6.85. The van der Waals surface area contributed by atoms with Crippen molar-refractivity contribution >= 4 is 11.0 Å². The minimum Gasteiger partial charge on any atom is -0.491 e. The molecule has 0 amide bonds. The van der Waals surface area contributed by atoms with E-state index in [2.05, 4.69) is 19.8 Å². The van der Waals surface area contributed by atoms with Gasteiger partial charge in [0.25, 0.3) is 0 Å². The molecule has 0 aliphatic carbocycles. The molecule has 118 valence electrons. The number of fused-ring (bicyclic) bond motifs is 1. The minimum atomic E-state index is -0.116. The van der Waals surface area contributed by atoms with Gasteiger partial charge in [-0.25, -0.2) is 4.98 Å². The zero-order valence-electron chi connectivity index (χ0n) is 13.8. The lowest BCUT2D eigenvalue weighted by atomic mass is 10.0. The van der Waals surface area contributed by atoms with Crippen LogP contribution in [0.4, 0.5) is 0 Å². The smallest absolute Gasteiger partial charge is 0.127 e. The van der Waals surface area contributed by atoms with E-state index in [9.17, 15) is 0 Å². The number of benzene rings is 1. The lowest BCUT2D eigenvalue weighted by Gasteiger charge is -2.15. The second-order valence-corrected chi connectivity index (χ2v) is 6.31. The Hall–Kier alpha value is -1.99. The van der Waals surface area contributed by atoms with Crippen LogP contribution in [-0.2, 0) is 6.54 Å². The standard InChI is InChI=1S/C18H25N3O/c1-6-9-21-17-8-7-14(22-13(4)5)11-16(17)20-18(21)15(19)10-12(2)3/h1,7-8,11-13,15H,9-10,19H2,2-5H3. The minimum absolute atomic E-state index is 0.116. The summed E-state index contributed by atoms with van der Waals surface area (Å²) in [5.74, 6) is 4.87. The number of ether oxygens (including phenoxy) is 1. The van der Waals surface area contributed by atoms with Crippen LogP contribution in [0.15, 0.2) is 18.2 Å². The van der Waals surface area contributed by atoms with Gasteiger partial charge in [-0.15, -0.1) is 6.42 Å². The number of hydrogen-bond acceptors (Lipinski definition) is 3. The Morgan fingerprint density at radius 2 is 2.05 bits per heavy atom. The van der Waals surface area contributed by atoms with E-state index in [0.29, 0.717) is 12.5 Å². The van der Waals surface area contributed by atoms with E-state index < -0.39 is 0 Å². The topological polar surface area (TPSA) is 53.1 Å². The van der Waals surface area contributed by atoms with E-state index in [0.717, 1.165) is 29.0 Å². The molecule has 2 N–H and O–H groups in total. The maximum Gasteiger partial charge on any atom is 0.127 e. The predicted octanol–water partition coefficient (Wildman–Crippen LogP) is 3.50. The van der Waals surface area contributed by atoms with Crippen LogP contribution in [0.2, 0.25) is 0 Å². The van der Waals surface area contributed by atoms with E-state index >= 15 is 0 Å². The fraction of sp³-hybridized carbons (Fsp3) is 0.500. The van der Waals surface area contributed by atoms with Crippen LogP contribution < -0.4 is 10.5 Å². The van der Waals surface area contributed by atoms with Crippen LogP contribution in [0, 0.1) is 18.3 Å². The van der Waals surface area contributed by atoms with Gasteiger partial charge in [-0.05, 0) is 38.3 Å². The molecule has 4 heteroatoms. The molecule has 1 aromatic heterocycles. The van der Waals surface area contributed by atoms with E-state index in [-0.39, 0.29) is 12.1 Å². The van der Waals surface area contributed by atoms with Crippen LogP contribution in [-0.4, -0.2) is 15.7 Å². The molecule has 1 heterocycles. The highest BCUT2D eigenvalue weighted by atomic mass is 16.5. The lowest BCUT2D eigenvalue weighted by molar-refractivity contribution is 0.242. The quantitative estimate of drug-likeness (QED) is 0.831. The van der Waals surface area contributed by atoms with Crippen molar-refractivity contribution in [2.24, 2.45) is 11.7 Å². The molecule has 0 saturated carbocycles. The molecular weight excluding hydrogens is 274 g/mol. The molecule has 2 rings (SSSR count). The van der Waals surface area contributed by atoms with Crippen LogP contribution >= 0.6 is 0 Å². The summed E-state index contributed by atoms with van der Waals surface area (Å²) in [4.78, 5) is 4.71. The molecule has 22 heavy (non-hydrogen) atoms. The van der Waals surface area contributed by atoms with Crippen molar-refractivity contribution in [1.82, 2.24) is 9.55 Å². The highest BCUT2D eigenvalue weighted by molar-refractivity contribution is 5.78. The fourth-order valence-corrected chi connectivity index (χ4v) is 2.63. The van der Waals surface area contributed by atoms with Gasteiger partial charge in [0.05, 0.1) is 29.7 Å². The molecule has 4 nitrogen and oxygen atoms in total. The Morgan fingerprint density at radius 3 is 2.64 bits per heavy atom. The van der Waals surface area contributed by atoms with Gasteiger partial charge in [-0.2, -0.15) is 0 Å². The van der Waals surface area contributed by atoms with E-state index in [4.69, 9.17) is 21.9 Å². The van der Waals surface area contributed by atoms with Crippen LogP contribution in [0.5, 0.6) is 5.75 Å².